The van der Waals surface area contributed by atoms with Gasteiger partial charge >= 0.3 is 0 Å². The van der Waals surface area contributed by atoms with E-state index in [-0.39, 0.29) is 0 Å². The molecule has 0 bridgehead atoms. The molecule has 0 saturated carbocycles. The van der Waals surface area contributed by atoms with E-state index >= 15 is 0 Å². The van der Waals surface area contributed by atoms with Crippen molar-refractivity contribution in [2.24, 2.45) is 9.98 Å². The van der Waals surface area contributed by atoms with E-state index in [9.17, 15) is 0 Å². The van der Waals surface area contributed by atoms with E-state index in [1.54, 1.807) is 0 Å². The average Bonchev–Trinajstić information content (AvgIpc) is 3.62. The fraction of sp³-hybridized carbons (Fsp3) is 0.0526. The van der Waals surface area contributed by atoms with Crippen molar-refractivity contribution in [2.75, 3.05) is 0 Å². The van der Waals surface area contributed by atoms with E-state index in [1.807, 2.05) is 23.5 Å². The monoisotopic (exact) mass is 570 g/mol. The lowest BCUT2D eigenvalue weighted by Gasteiger charge is -2.30. The maximum Gasteiger partial charge on any atom is 0.211 e. The lowest BCUT2D eigenvalue weighted by molar-refractivity contribution is 0.514. The molecule has 0 spiro atoms. The Kier molecular flexibility index (Phi) is 5.16. The number of nitrogens with zero attached hydrogens (tertiary/aromatic N) is 3. The van der Waals surface area contributed by atoms with Crippen LogP contribution in [0.2, 0.25) is 0 Å². The molecule has 9 rings (SSSR count). The predicted molar refractivity (Wildman–Crippen MR) is 183 cm³/mol. The number of hydrogen-bond donors (Lipinski definition) is 1. The van der Waals surface area contributed by atoms with Gasteiger partial charge in [0.25, 0.3) is 0 Å². The van der Waals surface area contributed by atoms with Crippen molar-refractivity contribution in [3.8, 4) is 0 Å². The zero-order valence-corrected chi connectivity index (χ0v) is 24.3. The van der Waals surface area contributed by atoms with Crippen molar-refractivity contribution in [1.29, 1.82) is 0 Å². The first-order valence-electron chi connectivity index (χ1n) is 14.5. The van der Waals surface area contributed by atoms with Gasteiger partial charge in [0.1, 0.15) is 5.84 Å². The van der Waals surface area contributed by atoms with Gasteiger partial charge in [-0.25, -0.2) is 9.98 Å². The maximum absolute atomic E-state index is 5.43. The highest BCUT2D eigenvalue weighted by Gasteiger charge is 2.33. The van der Waals surface area contributed by atoms with Crippen molar-refractivity contribution < 1.29 is 0 Å². The molecule has 1 atom stereocenters. The molecule has 4 nitrogen and oxygen atoms in total. The van der Waals surface area contributed by atoms with Crippen LogP contribution in [-0.2, 0) is 5.66 Å². The summed E-state index contributed by atoms with van der Waals surface area (Å²) in [6.07, 6.45) is 0. The smallest absolute Gasteiger partial charge is 0.211 e. The molecule has 1 aliphatic heterocycles. The van der Waals surface area contributed by atoms with Gasteiger partial charge < -0.3 is 5.32 Å². The summed E-state index contributed by atoms with van der Waals surface area (Å²) in [5.74, 6) is 1.57. The summed E-state index contributed by atoms with van der Waals surface area (Å²) in [7, 11) is 0. The first-order chi connectivity index (χ1) is 21.2. The molecule has 3 heterocycles. The Bertz CT molecular complexity index is 2430. The van der Waals surface area contributed by atoms with Gasteiger partial charge in [-0.3, -0.25) is 4.57 Å². The van der Waals surface area contributed by atoms with Crippen molar-refractivity contribution in [2.45, 2.75) is 12.6 Å². The average molecular weight is 571 g/mol. The van der Waals surface area contributed by atoms with E-state index in [0.29, 0.717) is 0 Å². The fourth-order valence-electron chi connectivity index (χ4n) is 6.68. The molecule has 2 aromatic heterocycles. The van der Waals surface area contributed by atoms with Crippen LogP contribution >= 0.6 is 11.3 Å². The van der Waals surface area contributed by atoms with Crippen LogP contribution in [0.3, 0.4) is 0 Å². The third-order valence-electron chi connectivity index (χ3n) is 8.61. The van der Waals surface area contributed by atoms with E-state index in [2.05, 4.69) is 138 Å². The first-order valence-corrected chi connectivity index (χ1v) is 15.3. The van der Waals surface area contributed by atoms with Crippen LogP contribution in [0.4, 0.5) is 0 Å². The SMILES string of the molecule is CC1(c2ccccc2)N=C(c2ccccc2)NC(n2c3ccccc3c3c4ccccc4c4c5ccccc5sc4c32)=N1. The van der Waals surface area contributed by atoms with Crippen LogP contribution in [0.1, 0.15) is 18.1 Å². The summed E-state index contributed by atoms with van der Waals surface area (Å²) in [4.78, 5) is 10.7. The molecule has 1 unspecified atom stereocenters. The molecule has 0 amide bonds. The fourth-order valence-corrected chi connectivity index (χ4v) is 7.94. The minimum absolute atomic E-state index is 0.764. The summed E-state index contributed by atoms with van der Waals surface area (Å²) >= 11 is 1.86. The summed E-state index contributed by atoms with van der Waals surface area (Å²) < 4.78 is 4.89. The van der Waals surface area contributed by atoms with Gasteiger partial charge in [0.15, 0.2) is 5.66 Å². The number of rotatable bonds is 2. The molecule has 8 aromatic rings. The lowest BCUT2D eigenvalue weighted by Crippen LogP contribution is -2.43. The highest BCUT2D eigenvalue weighted by atomic mass is 32.1. The van der Waals surface area contributed by atoms with Crippen LogP contribution in [0, 0.1) is 0 Å². The number of benzene rings is 6. The van der Waals surface area contributed by atoms with Crippen LogP contribution in [0.25, 0.3) is 52.8 Å². The second-order valence-electron chi connectivity index (χ2n) is 11.2. The van der Waals surface area contributed by atoms with Crippen LogP contribution in [-0.4, -0.2) is 16.4 Å². The Hall–Kier alpha value is -5.26. The Balaban J connectivity index is 1.45. The first kappa shape index (κ1) is 24.3. The highest BCUT2D eigenvalue weighted by molar-refractivity contribution is 7.27. The third kappa shape index (κ3) is 3.55. The van der Waals surface area contributed by atoms with Crippen molar-refractivity contribution in [3.63, 3.8) is 0 Å². The van der Waals surface area contributed by atoms with Gasteiger partial charge in [-0.05, 0) is 29.8 Å². The third-order valence-corrected chi connectivity index (χ3v) is 9.79. The van der Waals surface area contributed by atoms with E-state index in [4.69, 9.17) is 9.98 Å². The zero-order valence-electron chi connectivity index (χ0n) is 23.5. The number of para-hydroxylation sites is 1. The minimum Gasteiger partial charge on any atom is -0.310 e. The zero-order chi connectivity index (χ0) is 28.5. The summed E-state index contributed by atoms with van der Waals surface area (Å²) in [6.45, 7) is 2.10. The Morgan fingerprint density at radius 3 is 1.98 bits per heavy atom. The number of thiophene rings is 1. The molecule has 0 aliphatic carbocycles. The Morgan fingerprint density at radius 1 is 0.605 bits per heavy atom. The summed E-state index contributed by atoms with van der Waals surface area (Å²) in [6, 6.07) is 47.0. The molecule has 0 fully saturated rings. The number of aromatic nitrogens is 1. The van der Waals surface area contributed by atoms with Crippen LogP contribution < -0.4 is 5.32 Å². The topological polar surface area (TPSA) is 41.7 Å². The van der Waals surface area contributed by atoms with Crippen molar-refractivity contribution in [1.82, 2.24) is 9.88 Å². The van der Waals surface area contributed by atoms with Crippen molar-refractivity contribution >= 4 is 75.9 Å². The molecule has 204 valence electrons. The molecule has 6 aromatic carbocycles. The molecule has 0 radical (unpaired) electrons. The number of hydrogen-bond acceptors (Lipinski definition) is 4. The van der Waals surface area contributed by atoms with E-state index in [0.717, 1.165) is 28.4 Å². The molecule has 5 heteroatoms. The van der Waals surface area contributed by atoms with E-state index in [1.165, 1.54) is 47.2 Å². The van der Waals surface area contributed by atoms with Gasteiger partial charge in [0.05, 0.1) is 15.7 Å². The lowest BCUT2D eigenvalue weighted by atomic mass is 9.99. The van der Waals surface area contributed by atoms with Gasteiger partial charge in [0, 0.05) is 37.4 Å². The summed E-state index contributed by atoms with van der Waals surface area (Å²) in [5, 5.41) is 11.3. The second-order valence-corrected chi connectivity index (χ2v) is 12.2. The Morgan fingerprint density at radius 2 is 1.21 bits per heavy atom. The van der Waals surface area contributed by atoms with Gasteiger partial charge in [-0.2, -0.15) is 0 Å². The molecule has 43 heavy (non-hydrogen) atoms. The van der Waals surface area contributed by atoms with Gasteiger partial charge in [-0.1, -0.05) is 121 Å². The van der Waals surface area contributed by atoms with E-state index < -0.39 is 5.66 Å². The summed E-state index contributed by atoms with van der Waals surface area (Å²) in [5.41, 5.74) is 3.53. The van der Waals surface area contributed by atoms with Gasteiger partial charge in [-0.15, -0.1) is 11.3 Å². The molecular formula is C38H26N4S. The molecule has 0 saturated heterocycles. The van der Waals surface area contributed by atoms with Gasteiger partial charge in [0.2, 0.25) is 5.96 Å². The van der Waals surface area contributed by atoms with Crippen molar-refractivity contribution in [3.05, 3.63) is 145 Å². The Labute approximate surface area is 252 Å². The molecule has 1 aliphatic rings. The standard InChI is InChI=1S/C38H26N4S/c1-38(25-16-6-3-7-17-25)40-36(24-14-4-2-5-15-24)39-37(41-38)42-30-22-12-10-20-28(30)32-26-18-8-9-19-27(26)33-29-21-11-13-23-31(29)43-35(33)34(32)42/h2-23H,1H3,(H,39,40,41). The number of aliphatic imine (C=N–C) groups is 2. The minimum atomic E-state index is -0.819. The largest absolute Gasteiger partial charge is 0.310 e. The van der Waals surface area contributed by atoms with Crippen LogP contribution in [0.15, 0.2) is 143 Å². The highest BCUT2D eigenvalue weighted by Crippen LogP contribution is 2.47. The molecule has 1 N–H and O–H groups in total. The maximum atomic E-state index is 5.43. The number of amidine groups is 1. The normalized spacial score (nSPS) is 17.0. The second kappa shape index (κ2) is 9.12. The number of nitrogens with one attached hydrogen (secondary N) is 1. The quantitative estimate of drug-likeness (QED) is 0.221. The predicted octanol–water partition coefficient (Wildman–Crippen LogP) is 9.44. The number of fused-ring (bicyclic) bond motifs is 10. The van der Waals surface area contributed by atoms with Crippen LogP contribution in [0.5, 0.6) is 0 Å². The molecular weight excluding hydrogens is 545 g/mol.